The molecule has 1 spiro atoms. The van der Waals surface area contributed by atoms with E-state index in [0.717, 1.165) is 19.3 Å². The topological polar surface area (TPSA) is 98.7 Å². The highest BCUT2D eigenvalue weighted by Gasteiger charge is 2.76. The van der Waals surface area contributed by atoms with E-state index in [1.165, 1.54) is 0 Å². The molecule has 3 amide bonds. The molecule has 7 nitrogen and oxygen atoms in total. The molecule has 198 valence electrons. The quantitative estimate of drug-likeness (QED) is 0.366. The fraction of sp³-hybridized carbons (Fsp3) is 0.667. The van der Waals surface area contributed by atoms with Crippen LogP contribution in [0.25, 0.3) is 0 Å². The van der Waals surface area contributed by atoms with Gasteiger partial charge in [-0.25, -0.2) is 0 Å². The van der Waals surface area contributed by atoms with Gasteiger partial charge in [0.2, 0.25) is 17.7 Å². The molecule has 4 rings (SSSR count). The van der Waals surface area contributed by atoms with Crippen molar-refractivity contribution in [1.82, 2.24) is 10.2 Å². The average Bonchev–Trinajstić information content (AvgIpc) is 3.44. The van der Waals surface area contributed by atoms with Gasteiger partial charge in [0.15, 0.2) is 0 Å². The predicted octanol–water partition coefficient (Wildman–Crippen LogP) is 3.80. The molecule has 3 aliphatic heterocycles. The van der Waals surface area contributed by atoms with Crippen molar-refractivity contribution in [3.63, 3.8) is 0 Å². The van der Waals surface area contributed by atoms with Crippen LogP contribution in [0, 0.1) is 17.8 Å². The Balaban J connectivity index is 1.74. The number of fused-ring (bicyclic) bond motifs is 1. The number of para-hydroxylation sites is 1. The molecule has 3 saturated heterocycles. The molecule has 1 aromatic rings. The van der Waals surface area contributed by atoms with Crippen LogP contribution in [0.15, 0.2) is 30.3 Å². The summed E-state index contributed by atoms with van der Waals surface area (Å²) in [6.45, 7) is 7.87. The van der Waals surface area contributed by atoms with Crippen LogP contribution in [0.3, 0.4) is 0 Å². The van der Waals surface area contributed by atoms with Gasteiger partial charge in [0, 0.05) is 21.8 Å². The van der Waals surface area contributed by atoms with Crippen LogP contribution in [0.1, 0.15) is 53.4 Å². The van der Waals surface area contributed by atoms with Crippen LogP contribution in [0.2, 0.25) is 0 Å². The Morgan fingerprint density at radius 3 is 2.53 bits per heavy atom. The van der Waals surface area contributed by atoms with Gasteiger partial charge < -0.3 is 20.6 Å². The van der Waals surface area contributed by atoms with Crippen LogP contribution in [-0.4, -0.2) is 67.3 Å². The second kappa shape index (κ2) is 11.0. The van der Waals surface area contributed by atoms with E-state index in [1.54, 1.807) is 16.7 Å². The third kappa shape index (κ3) is 4.60. The van der Waals surface area contributed by atoms with Crippen molar-refractivity contribution in [2.75, 3.05) is 11.9 Å². The molecular weight excluding hydrogens is 542 g/mol. The minimum Gasteiger partial charge on any atom is -0.394 e. The maximum Gasteiger partial charge on any atom is 0.244 e. The van der Waals surface area contributed by atoms with Crippen molar-refractivity contribution in [1.29, 1.82) is 0 Å². The van der Waals surface area contributed by atoms with E-state index in [1.807, 2.05) is 51.1 Å². The molecular formula is C27H38BrN3O4S. The van der Waals surface area contributed by atoms with Crippen molar-refractivity contribution in [2.45, 2.75) is 86.3 Å². The first kappa shape index (κ1) is 27.5. The number of nitrogens with zero attached hydrogens (tertiary/aromatic N) is 1. The van der Waals surface area contributed by atoms with E-state index >= 15 is 0 Å². The Bertz CT molecular complexity index is 981. The monoisotopic (exact) mass is 579 g/mol. The summed E-state index contributed by atoms with van der Waals surface area (Å²) in [5.74, 6) is -1.71. The molecule has 0 radical (unpaired) electrons. The van der Waals surface area contributed by atoms with Crippen molar-refractivity contribution < 1.29 is 19.5 Å². The number of aliphatic hydroxyl groups excluding tert-OH is 1. The average molecular weight is 581 g/mol. The lowest BCUT2D eigenvalue weighted by atomic mass is 9.70. The molecule has 0 aromatic heterocycles. The fourth-order valence-corrected chi connectivity index (χ4v) is 10.0. The minimum atomic E-state index is -0.731. The number of carbonyl (C=O) groups is 3. The van der Waals surface area contributed by atoms with Crippen molar-refractivity contribution >= 4 is 51.1 Å². The highest BCUT2D eigenvalue weighted by Crippen LogP contribution is 2.68. The van der Waals surface area contributed by atoms with E-state index in [4.69, 9.17) is 0 Å². The molecule has 0 aliphatic carbocycles. The standard InChI is InChI=1S/C27H38BrN3O4S/c1-5-10-16(4)29-25(34)23-27-13-18(28)22(36-27)20(24(33)30-17-11-8-7-9-12-17)21(27)26(35)31(23)19(14-32)15(3)6-2/h7-9,11-12,15-16,18-23,32H,5-6,10,13-14H2,1-4H3,(H,29,34)(H,30,33)/t15-,16?,18?,19-,20-,21-,22-,23?,27?/m0/s1. The van der Waals surface area contributed by atoms with Crippen molar-refractivity contribution in [3.8, 4) is 0 Å². The van der Waals surface area contributed by atoms with Gasteiger partial charge in [-0.15, -0.1) is 11.8 Å². The first-order valence-corrected chi connectivity index (χ1v) is 14.9. The van der Waals surface area contributed by atoms with Crippen LogP contribution in [0.4, 0.5) is 5.69 Å². The number of likely N-dealkylation sites (tertiary alicyclic amines) is 1. The number of hydrogen-bond acceptors (Lipinski definition) is 5. The van der Waals surface area contributed by atoms with E-state index in [0.29, 0.717) is 12.1 Å². The molecule has 9 atom stereocenters. The highest BCUT2D eigenvalue weighted by atomic mass is 79.9. The normalized spacial score (nSPS) is 33.2. The zero-order valence-corrected chi connectivity index (χ0v) is 23.8. The number of nitrogens with one attached hydrogen (secondary N) is 2. The second-order valence-corrected chi connectivity index (χ2v) is 13.3. The third-order valence-corrected chi connectivity index (χ3v) is 11.5. The van der Waals surface area contributed by atoms with E-state index in [2.05, 4.69) is 33.5 Å². The number of aliphatic hydroxyl groups is 1. The number of halogens is 1. The zero-order chi connectivity index (χ0) is 26.2. The largest absolute Gasteiger partial charge is 0.394 e. The number of anilines is 1. The maximum atomic E-state index is 14.2. The molecule has 2 bridgehead atoms. The number of carbonyl (C=O) groups excluding carboxylic acids is 3. The number of amides is 3. The molecule has 3 fully saturated rings. The summed E-state index contributed by atoms with van der Waals surface area (Å²) in [7, 11) is 0. The Morgan fingerprint density at radius 2 is 1.92 bits per heavy atom. The summed E-state index contributed by atoms with van der Waals surface area (Å²) >= 11 is 5.42. The smallest absolute Gasteiger partial charge is 0.244 e. The first-order valence-electron chi connectivity index (χ1n) is 13.1. The third-order valence-electron chi connectivity index (χ3n) is 8.27. The lowest BCUT2D eigenvalue weighted by Crippen LogP contribution is -2.59. The second-order valence-electron chi connectivity index (χ2n) is 10.6. The number of hydrogen-bond donors (Lipinski definition) is 3. The summed E-state index contributed by atoms with van der Waals surface area (Å²) in [4.78, 5) is 43.4. The summed E-state index contributed by atoms with van der Waals surface area (Å²) in [6, 6.07) is 8.04. The van der Waals surface area contributed by atoms with E-state index in [9.17, 15) is 19.5 Å². The molecule has 0 saturated carbocycles. The van der Waals surface area contributed by atoms with Gasteiger partial charge in [-0.2, -0.15) is 0 Å². The molecule has 3 aliphatic rings. The summed E-state index contributed by atoms with van der Waals surface area (Å²) in [5.41, 5.74) is 0.688. The van der Waals surface area contributed by atoms with Crippen LogP contribution in [0.5, 0.6) is 0 Å². The molecule has 4 unspecified atom stereocenters. The van der Waals surface area contributed by atoms with Gasteiger partial charge >= 0.3 is 0 Å². The Labute approximate surface area is 226 Å². The van der Waals surface area contributed by atoms with Crippen LogP contribution in [-0.2, 0) is 14.4 Å². The summed E-state index contributed by atoms with van der Waals surface area (Å²) in [5, 5.41) is 16.5. The van der Waals surface area contributed by atoms with Gasteiger partial charge in [-0.3, -0.25) is 14.4 Å². The van der Waals surface area contributed by atoms with Gasteiger partial charge in [0.05, 0.1) is 29.2 Å². The van der Waals surface area contributed by atoms with Gasteiger partial charge in [-0.05, 0) is 37.8 Å². The SMILES string of the molecule is CCCC(C)NC(=O)C1N([C@@H](CO)[C@@H](C)CC)C(=O)[C@@H]2[C@H](C(=O)Nc3ccccc3)[C@H]3SC12CC3Br. The molecule has 3 heterocycles. The summed E-state index contributed by atoms with van der Waals surface area (Å²) in [6.07, 6.45) is 3.18. The van der Waals surface area contributed by atoms with Crippen LogP contribution >= 0.6 is 27.7 Å². The van der Waals surface area contributed by atoms with Gasteiger partial charge in [-0.1, -0.05) is 67.7 Å². The molecule has 3 N–H and O–H groups in total. The van der Waals surface area contributed by atoms with Crippen molar-refractivity contribution in [3.05, 3.63) is 30.3 Å². The Hall–Kier alpha value is -1.58. The lowest BCUT2D eigenvalue weighted by molar-refractivity contribution is -0.143. The van der Waals surface area contributed by atoms with Gasteiger partial charge in [0.25, 0.3) is 0 Å². The Kier molecular flexibility index (Phi) is 8.42. The molecule has 36 heavy (non-hydrogen) atoms. The predicted molar refractivity (Wildman–Crippen MR) is 147 cm³/mol. The number of thioether (sulfide) groups is 1. The van der Waals surface area contributed by atoms with Crippen LogP contribution < -0.4 is 10.6 Å². The van der Waals surface area contributed by atoms with E-state index in [-0.39, 0.29) is 46.4 Å². The molecule has 9 heteroatoms. The van der Waals surface area contributed by atoms with Gasteiger partial charge in [0.1, 0.15) is 6.04 Å². The molecule has 1 aromatic carbocycles. The number of alkyl halides is 1. The van der Waals surface area contributed by atoms with Crippen molar-refractivity contribution in [2.24, 2.45) is 17.8 Å². The maximum absolute atomic E-state index is 14.2. The first-order chi connectivity index (χ1) is 17.2. The summed E-state index contributed by atoms with van der Waals surface area (Å²) < 4.78 is -0.717. The zero-order valence-electron chi connectivity index (χ0n) is 21.4. The lowest BCUT2D eigenvalue weighted by Gasteiger charge is -2.39. The Morgan fingerprint density at radius 1 is 1.22 bits per heavy atom. The van der Waals surface area contributed by atoms with E-state index < -0.39 is 28.7 Å². The number of benzene rings is 1. The number of rotatable bonds is 10. The fourth-order valence-electron chi connectivity index (χ4n) is 6.41. The highest BCUT2D eigenvalue weighted by molar-refractivity contribution is 9.09. The minimum absolute atomic E-state index is 0.0103.